The van der Waals surface area contributed by atoms with Crippen LogP contribution in [-0.2, 0) is 11.3 Å². The smallest absolute Gasteiger partial charge is 0.410 e. The van der Waals surface area contributed by atoms with E-state index in [1.54, 1.807) is 4.90 Å². The zero-order valence-corrected chi connectivity index (χ0v) is 19.0. The van der Waals surface area contributed by atoms with Crippen LogP contribution >= 0.6 is 0 Å². The molecule has 1 aromatic carbocycles. The molecule has 1 amide bonds. The summed E-state index contributed by atoms with van der Waals surface area (Å²) in [4.78, 5) is 29.3. The van der Waals surface area contributed by atoms with Crippen LogP contribution in [0.1, 0.15) is 31.2 Å². The van der Waals surface area contributed by atoms with Gasteiger partial charge < -0.3 is 31.3 Å². The van der Waals surface area contributed by atoms with Crippen molar-refractivity contribution in [3.63, 3.8) is 0 Å². The molecule has 2 heterocycles. The summed E-state index contributed by atoms with van der Waals surface area (Å²) in [6.45, 7) is 4.15. The van der Waals surface area contributed by atoms with E-state index in [1.165, 1.54) is 25.7 Å². The number of hydrogen-bond acceptors (Lipinski definition) is 9. The molecule has 0 unspecified atom stereocenters. The van der Waals surface area contributed by atoms with Crippen LogP contribution in [0.4, 0.5) is 22.6 Å². The van der Waals surface area contributed by atoms with Crippen molar-refractivity contribution in [1.29, 1.82) is 0 Å². The molecule has 10 nitrogen and oxygen atoms in total. The lowest BCUT2D eigenvalue weighted by atomic mass is 9.82. The highest BCUT2D eigenvalue weighted by Crippen LogP contribution is 2.28. The van der Waals surface area contributed by atoms with Gasteiger partial charge in [0.2, 0.25) is 17.8 Å². The van der Waals surface area contributed by atoms with E-state index in [1.807, 2.05) is 35.2 Å². The third-order valence-corrected chi connectivity index (χ3v) is 6.52. The van der Waals surface area contributed by atoms with E-state index in [0.29, 0.717) is 49.9 Å². The Bertz CT molecular complexity index is 897. The molecule has 0 radical (unpaired) electrons. The van der Waals surface area contributed by atoms with Crippen molar-refractivity contribution in [3.8, 4) is 0 Å². The summed E-state index contributed by atoms with van der Waals surface area (Å²) in [5.41, 5.74) is 12.7. The molecule has 33 heavy (non-hydrogen) atoms. The molecule has 10 heteroatoms. The van der Waals surface area contributed by atoms with Crippen molar-refractivity contribution in [1.82, 2.24) is 19.9 Å². The van der Waals surface area contributed by atoms with Gasteiger partial charge in [-0.15, -0.1) is 0 Å². The number of aromatic nitrogens is 3. The van der Waals surface area contributed by atoms with Crippen molar-refractivity contribution in [3.05, 3.63) is 35.9 Å². The summed E-state index contributed by atoms with van der Waals surface area (Å²) in [6, 6.07) is 9.67. The summed E-state index contributed by atoms with van der Waals surface area (Å²) in [6.07, 6.45) is 4.41. The fourth-order valence-corrected chi connectivity index (χ4v) is 4.41. The van der Waals surface area contributed by atoms with Crippen LogP contribution in [0.3, 0.4) is 0 Å². The van der Waals surface area contributed by atoms with Crippen molar-refractivity contribution in [2.45, 2.75) is 32.3 Å². The van der Waals surface area contributed by atoms with Crippen molar-refractivity contribution in [2.75, 3.05) is 55.2 Å². The second kappa shape index (κ2) is 11.1. The molecule has 0 spiro atoms. The van der Waals surface area contributed by atoms with Gasteiger partial charge in [0.1, 0.15) is 6.61 Å². The standard InChI is InChI=1S/C23H34N8O2/c24-14-17-6-8-18(9-7-17)15-26-21-27-20(25)28-22(29-21)30-10-12-31(13-11-30)23(32)33-16-19-4-2-1-3-5-19/h1-5,17-18H,6-16,24H2,(H3,25,26,27,28,29)/t17-,18-. The first-order chi connectivity index (χ1) is 16.1. The maximum absolute atomic E-state index is 12.4. The number of hydrogen-bond donors (Lipinski definition) is 3. The van der Waals surface area contributed by atoms with Crippen molar-refractivity contribution >= 4 is 23.9 Å². The molecule has 5 N–H and O–H groups in total. The molecule has 2 aliphatic rings. The Kier molecular flexibility index (Phi) is 7.77. The van der Waals surface area contributed by atoms with Gasteiger partial charge in [-0.25, -0.2) is 4.79 Å². The Balaban J connectivity index is 1.25. The first-order valence-corrected chi connectivity index (χ1v) is 11.8. The zero-order chi connectivity index (χ0) is 23.0. The number of carbonyl (C=O) groups excluding carboxylic acids is 1. The van der Waals surface area contributed by atoms with Crippen LogP contribution in [0, 0.1) is 11.8 Å². The minimum atomic E-state index is -0.305. The molecule has 1 saturated heterocycles. The fourth-order valence-electron chi connectivity index (χ4n) is 4.41. The number of nitrogens with zero attached hydrogens (tertiary/aromatic N) is 5. The monoisotopic (exact) mass is 454 g/mol. The minimum absolute atomic E-state index is 0.194. The van der Waals surface area contributed by atoms with Gasteiger partial charge in [-0.2, -0.15) is 15.0 Å². The largest absolute Gasteiger partial charge is 0.445 e. The Morgan fingerprint density at radius 1 is 1.00 bits per heavy atom. The second-order valence-corrected chi connectivity index (χ2v) is 8.83. The number of nitrogens with one attached hydrogen (secondary N) is 1. The molecule has 4 rings (SSSR count). The van der Waals surface area contributed by atoms with E-state index < -0.39 is 0 Å². The number of carbonyl (C=O) groups is 1. The topological polar surface area (TPSA) is 136 Å². The van der Waals surface area contributed by atoms with Gasteiger partial charge in [-0.3, -0.25) is 0 Å². The number of amides is 1. The Labute approximate surface area is 194 Å². The molecule has 178 valence electrons. The summed E-state index contributed by atoms with van der Waals surface area (Å²) < 4.78 is 5.44. The molecule has 1 saturated carbocycles. The predicted molar refractivity (Wildman–Crippen MR) is 128 cm³/mol. The van der Waals surface area contributed by atoms with Gasteiger partial charge in [-0.05, 0) is 49.6 Å². The third-order valence-electron chi connectivity index (χ3n) is 6.52. The normalized spacial score (nSPS) is 21.0. The minimum Gasteiger partial charge on any atom is -0.445 e. The lowest BCUT2D eigenvalue weighted by Gasteiger charge is -2.34. The Morgan fingerprint density at radius 3 is 2.39 bits per heavy atom. The quantitative estimate of drug-likeness (QED) is 0.574. The van der Waals surface area contributed by atoms with Crippen LogP contribution in [0.2, 0.25) is 0 Å². The Morgan fingerprint density at radius 2 is 1.70 bits per heavy atom. The highest BCUT2D eigenvalue weighted by atomic mass is 16.6. The number of benzene rings is 1. The lowest BCUT2D eigenvalue weighted by molar-refractivity contribution is 0.0940. The lowest BCUT2D eigenvalue weighted by Crippen LogP contribution is -2.49. The first kappa shape index (κ1) is 23.0. The van der Waals surface area contributed by atoms with Crippen molar-refractivity contribution < 1.29 is 9.53 Å². The van der Waals surface area contributed by atoms with Gasteiger partial charge >= 0.3 is 6.09 Å². The maximum Gasteiger partial charge on any atom is 0.410 e. The second-order valence-electron chi connectivity index (χ2n) is 8.83. The van der Waals surface area contributed by atoms with E-state index >= 15 is 0 Å². The van der Waals surface area contributed by atoms with E-state index in [2.05, 4.69) is 20.3 Å². The van der Waals surface area contributed by atoms with Gasteiger partial charge in [0.15, 0.2) is 0 Å². The van der Waals surface area contributed by atoms with E-state index in [-0.39, 0.29) is 18.6 Å². The van der Waals surface area contributed by atoms with E-state index in [9.17, 15) is 4.79 Å². The first-order valence-electron chi connectivity index (χ1n) is 11.8. The molecule has 0 atom stereocenters. The third kappa shape index (κ3) is 6.44. The predicted octanol–water partition coefficient (Wildman–Crippen LogP) is 2.09. The molecule has 0 bridgehead atoms. The van der Waals surface area contributed by atoms with Crippen molar-refractivity contribution in [2.24, 2.45) is 17.6 Å². The van der Waals surface area contributed by atoms with Crippen LogP contribution in [0.5, 0.6) is 0 Å². The average molecular weight is 455 g/mol. The molecule has 2 aromatic rings. The number of anilines is 3. The molecule has 1 aliphatic heterocycles. The summed E-state index contributed by atoms with van der Waals surface area (Å²) in [7, 11) is 0. The highest BCUT2D eigenvalue weighted by Gasteiger charge is 2.25. The average Bonchev–Trinajstić information content (AvgIpc) is 2.87. The van der Waals surface area contributed by atoms with Gasteiger partial charge in [-0.1, -0.05) is 30.3 Å². The highest BCUT2D eigenvalue weighted by molar-refractivity contribution is 5.68. The van der Waals surface area contributed by atoms with Gasteiger partial charge in [0, 0.05) is 32.7 Å². The molecule has 2 fully saturated rings. The summed E-state index contributed by atoms with van der Waals surface area (Å²) in [5.74, 6) is 2.49. The molecular formula is C23H34N8O2. The molecule has 1 aliphatic carbocycles. The van der Waals surface area contributed by atoms with E-state index in [4.69, 9.17) is 16.2 Å². The summed E-state index contributed by atoms with van der Waals surface area (Å²) in [5, 5.41) is 3.34. The Hall–Kier alpha value is -3.14. The van der Waals surface area contributed by atoms with Crippen LogP contribution in [0.25, 0.3) is 0 Å². The maximum atomic E-state index is 12.4. The number of ether oxygens (including phenoxy) is 1. The van der Waals surface area contributed by atoms with Gasteiger partial charge in [0.05, 0.1) is 0 Å². The molecule has 1 aromatic heterocycles. The van der Waals surface area contributed by atoms with Crippen LogP contribution < -0.4 is 21.7 Å². The number of piperazine rings is 1. The van der Waals surface area contributed by atoms with Crippen LogP contribution in [0.15, 0.2) is 30.3 Å². The fraction of sp³-hybridized carbons (Fsp3) is 0.565. The molecular weight excluding hydrogens is 420 g/mol. The van der Waals surface area contributed by atoms with E-state index in [0.717, 1.165) is 18.7 Å². The SMILES string of the molecule is NC[C@H]1CC[C@H](CNc2nc(N)nc(N3CCN(C(=O)OCc4ccccc4)CC3)n2)CC1. The number of nitrogens with two attached hydrogens (primary N) is 2. The van der Waals surface area contributed by atoms with Gasteiger partial charge in [0.25, 0.3) is 0 Å². The summed E-state index contributed by atoms with van der Waals surface area (Å²) >= 11 is 0. The van der Waals surface area contributed by atoms with Crippen LogP contribution in [-0.4, -0.2) is 65.2 Å². The number of rotatable bonds is 7. The number of nitrogen functional groups attached to an aromatic ring is 1. The zero-order valence-electron chi connectivity index (χ0n) is 19.0.